The monoisotopic (exact) mass is 208 g/mol. The summed E-state index contributed by atoms with van der Waals surface area (Å²) in [6.07, 6.45) is -0.475. The highest BCUT2D eigenvalue weighted by Gasteiger charge is 2.35. The molecule has 3 atom stereocenters. The lowest BCUT2D eigenvalue weighted by atomic mass is 10.3. The molecular formula is C8H16O4S. The highest BCUT2D eigenvalue weighted by molar-refractivity contribution is 7.92. The molecule has 4 nitrogen and oxygen atoms in total. The van der Waals surface area contributed by atoms with Crippen molar-refractivity contribution in [1.82, 2.24) is 0 Å². The first-order valence-corrected chi connectivity index (χ1v) is 6.16. The summed E-state index contributed by atoms with van der Waals surface area (Å²) in [7, 11) is -3.18. The van der Waals surface area contributed by atoms with Crippen LogP contribution >= 0.6 is 0 Å². The lowest BCUT2D eigenvalue weighted by Gasteiger charge is -2.15. The van der Waals surface area contributed by atoms with Gasteiger partial charge in [-0.2, -0.15) is 0 Å². The number of sulfone groups is 1. The molecule has 3 unspecified atom stereocenters. The first-order chi connectivity index (χ1) is 5.93. The molecule has 0 saturated carbocycles. The molecule has 0 aromatic rings. The van der Waals surface area contributed by atoms with E-state index in [0.717, 1.165) is 0 Å². The van der Waals surface area contributed by atoms with E-state index in [1.165, 1.54) is 6.92 Å². The van der Waals surface area contributed by atoms with Crippen molar-refractivity contribution in [3.05, 3.63) is 0 Å². The molecule has 1 aliphatic rings. The second-order valence-electron chi connectivity index (χ2n) is 3.58. The molecule has 1 fully saturated rings. The third-order valence-corrected chi connectivity index (χ3v) is 4.73. The second kappa shape index (κ2) is 3.94. The van der Waals surface area contributed by atoms with E-state index in [4.69, 9.17) is 9.84 Å². The first-order valence-electron chi connectivity index (χ1n) is 4.44. The van der Waals surface area contributed by atoms with Crippen molar-refractivity contribution in [2.45, 2.75) is 37.7 Å². The van der Waals surface area contributed by atoms with Crippen LogP contribution in [0.25, 0.3) is 0 Å². The van der Waals surface area contributed by atoms with E-state index in [0.29, 0.717) is 13.0 Å². The molecular weight excluding hydrogens is 192 g/mol. The second-order valence-corrected chi connectivity index (χ2v) is 5.85. The Kier molecular flexibility index (Phi) is 3.32. The summed E-state index contributed by atoms with van der Waals surface area (Å²) in [6, 6.07) is 0. The zero-order chi connectivity index (χ0) is 10.1. The maximum atomic E-state index is 11.6. The number of hydrogen-bond acceptors (Lipinski definition) is 4. The van der Waals surface area contributed by atoms with Gasteiger partial charge in [0.2, 0.25) is 0 Å². The van der Waals surface area contributed by atoms with E-state index < -0.39 is 21.2 Å². The Bertz CT molecular complexity index is 257. The summed E-state index contributed by atoms with van der Waals surface area (Å²) in [6.45, 7) is 3.75. The third-order valence-electron chi connectivity index (χ3n) is 2.24. The standard InChI is InChI=1S/C8H16O4S/c1-6(9)5-13(10,11)8-3-4-12-7(8)2/h6-9H,3-5H2,1-2H3. The largest absolute Gasteiger partial charge is 0.392 e. The SMILES string of the molecule is CC(O)CS(=O)(=O)C1CCOC1C. The Morgan fingerprint density at radius 2 is 2.23 bits per heavy atom. The number of rotatable bonds is 3. The maximum absolute atomic E-state index is 11.6. The van der Waals surface area contributed by atoms with Gasteiger partial charge in [-0.25, -0.2) is 8.42 Å². The summed E-state index contributed by atoms with van der Waals surface area (Å²) in [5.41, 5.74) is 0. The minimum atomic E-state index is -3.18. The van der Waals surface area contributed by atoms with Gasteiger partial charge in [-0.3, -0.25) is 0 Å². The Hall–Kier alpha value is -0.130. The lowest BCUT2D eigenvalue weighted by Crippen LogP contribution is -2.33. The van der Waals surface area contributed by atoms with Crippen LogP contribution in [0.4, 0.5) is 0 Å². The molecule has 1 rings (SSSR count). The van der Waals surface area contributed by atoms with Gasteiger partial charge in [-0.05, 0) is 20.3 Å². The van der Waals surface area contributed by atoms with Crippen LogP contribution in [0.15, 0.2) is 0 Å². The van der Waals surface area contributed by atoms with Crippen molar-refractivity contribution in [1.29, 1.82) is 0 Å². The van der Waals surface area contributed by atoms with Crippen molar-refractivity contribution < 1.29 is 18.3 Å². The number of aliphatic hydroxyl groups is 1. The number of hydrogen-bond donors (Lipinski definition) is 1. The third kappa shape index (κ3) is 2.65. The molecule has 1 heterocycles. The molecule has 0 aromatic carbocycles. The van der Waals surface area contributed by atoms with Gasteiger partial charge in [-0.15, -0.1) is 0 Å². The average Bonchev–Trinajstić information content (AvgIpc) is 2.32. The maximum Gasteiger partial charge on any atom is 0.158 e. The van der Waals surface area contributed by atoms with Crippen LogP contribution in [0, 0.1) is 0 Å². The smallest absolute Gasteiger partial charge is 0.158 e. The summed E-state index contributed by atoms with van der Waals surface area (Å²) < 4.78 is 28.4. The van der Waals surface area contributed by atoms with Crippen molar-refractivity contribution in [2.24, 2.45) is 0 Å². The van der Waals surface area contributed by atoms with Crippen molar-refractivity contribution in [3.8, 4) is 0 Å². The first kappa shape index (κ1) is 10.9. The van der Waals surface area contributed by atoms with Gasteiger partial charge in [0.15, 0.2) is 9.84 Å². The predicted octanol–water partition coefficient (Wildman–Crippen LogP) is -0.0406. The van der Waals surface area contributed by atoms with E-state index >= 15 is 0 Å². The van der Waals surface area contributed by atoms with Gasteiger partial charge >= 0.3 is 0 Å². The minimum absolute atomic E-state index is 0.161. The van der Waals surface area contributed by atoms with E-state index in [1.807, 2.05) is 0 Å². The molecule has 0 spiro atoms. The molecule has 1 saturated heterocycles. The molecule has 5 heteroatoms. The van der Waals surface area contributed by atoms with Crippen molar-refractivity contribution in [3.63, 3.8) is 0 Å². The van der Waals surface area contributed by atoms with Gasteiger partial charge in [-0.1, -0.05) is 0 Å². The normalized spacial score (nSPS) is 31.9. The van der Waals surface area contributed by atoms with Gasteiger partial charge in [0, 0.05) is 6.61 Å². The fourth-order valence-corrected chi connectivity index (χ4v) is 3.68. The van der Waals surface area contributed by atoms with E-state index in [1.54, 1.807) is 6.92 Å². The van der Waals surface area contributed by atoms with Crippen LogP contribution < -0.4 is 0 Å². The Morgan fingerprint density at radius 1 is 1.62 bits per heavy atom. The van der Waals surface area contributed by atoms with Crippen molar-refractivity contribution in [2.75, 3.05) is 12.4 Å². The summed E-state index contributed by atoms with van der Waals surface area (Å²) >= 11 is 0. The summed E-state index contributed by atoms with van der Waals surface area (Å²) in [5, 5.41) is 8.59. The molecule has 0 aliphatic carbocycles. The van der Waals surface area contributed by atoms with Crippen LogP contribution in [-0.2, 0) is 14.6 Å². The fourth-order valence-electron chi connectivity index (χ4n) is 1.64. The molecule has 0 amide bonds. The predicted molar refractivity (Wildman–Crippen MR) is 49.3 cm³/mol. The lowest BCUT2D eigenvalue weighted by molar-refractivity contribution is 0.126. The van der Waals surface area contributed by atoms with E-state index in [-0.39, 0.29) is 11.9 Å². The quantitative estimate of drug-likeness (QED) is 0.707. The van der Waals surface area contributed by atoms with Gasteiger partial charge in [0.25, 0.3) is 0 Å². The van der Waals surface area contributed by atoms with Gasteiger partial charge < -0.3 is 9.84 Å². The topological polar surface area (TPSA) is 63.6 Å². The molecule has 0 radical (unpaired) electrons. The van der Waals surface area contributed by atoms with Crippen molar-refractivity contribution >= 4 is 9.84 Å². The zero-order valence-electron chi connectivity index (χ0n) is 7.93. The van der Waals surface area contributed by atoms with Crippen LogP contribution in [0.3, 0.4) is 0 Å². The molecule has 13 heavy (non-hydrogen) atoms. The van der Waals surface area contributed by atoms with Crippen LogP contribution in [0.2, 0.25) is 0 Å². The molecule has 0 bridgehead atoms. The summed E-state index contributed by atoms with van der Waals surface area (Å²) in [4.78, 5) is 0. The highest BCUT2D eigenvalue weighted by atomic mass is 32.2. The molecule has 78 valence electrons. The fraction of sp³-hybridized carbons (Fsp3) is 1.00. The van der Waals surface area contributed by atoms with Gasteiger partial charge in [0.1, 0.15) is 0 Å². The number of aliphatic hydroxyl groups excluding tert-OH is 1. The zero-order valence-corrected chi connectivity index (χ0v) is 8.75. The Morgan fingerprint density at radius 3 is 2.62 bits per heavy atom. The van der Waals surface area contributed by atoms with Crippen LogP contribution in [-0.4, -0.2) is 43.3 Å². The Balaban J connectivity index is 2.69. The highest BCUT2D eigenvalue weighted by Crippen LogP contribution is 2.21. The van der Waals surface area contributed by atoms with E-state index in [2.05, 4.69) is 0 Å². The van der Waals surface area contributed by atoms with E-state index in [9.17, 15) is 8.42 Å². The summed E-state index contributed by atoms with van der Waals surface area (Å²) in [5.74, 6) is -0.161. The molecule has 1 N–H and O–H groups in total. The Labute approximate surface area is 78.8 Å². The number of ether oxygens (including phenoxy) is 1. The van der Waals surface area contributed by atoms with Crippen LogP contribution in [0.1, 0.15) is 20.3 Å². The average molecular weight is 208 g/mol. The van der Waals surface area contributed by atoms with Crippen LogP contribution in [0.5, 0.6) is 0 Å². The minimum Gasteiger partial charge on any atom is -0.392 e. The molecule has 1 aliphatic heterocycles. The van der Waals surface area contributed by atoms with Gasteiger partial charge in [0.05, 0.1) is 23.2 Å². The molecule has 0 aromatic heterocycles.